The smallest absolute Gasteiger partial charge is 0.253 e. The molecule has 0 N–H and O–H groups in total. The zero-order chi connectivity index (χ0) is 18.0. The summed E-state index contributed by atoms with van der Waals surface area (Å²) in [5.74, 6) is -0.227. The first-order valence-electron chi connectivity index (χ1n) is 7.43. The molecule has 3 rings (SSSR count). The summed E-state index contributed by atoms with van der Waals surface area (Å²) in [4.78, 5) is 18.2. The Morgan fingerprint density at radius 1 is 1.36 bits per heavy atom. The molecule has 0 aliphatic rings. The maximum atomic E-state index is 12.3. The van der Waals surface area contributed by atoms with Crippen LogP contribution in [0.5, 0.6) is 0 Å². The van der Waals surface area contributed by atoms with Gasteiger partial charge < -0.3 is 4.57 Å². The van der Waals surface area contributed by atoms with Gasteiger partial charge in [-0.3, -0.25) is 4.79 Å². The molecule has 0 aliphatic carbocycles. The molecule has 0 fully saturated rings. The average molecular weight is 393 g/mol. The normalized spacial score (nSPS) is 12.6. The summed E-state index contributed by atoms with van der Waals surface area (Å²) in [5.41, 5.74) is 0.833. The SMILES string of the molecule is C=CCn1c(=NC(=O)Cc2cccs2)sc2cc(S(C)(=O)=O)ccc21. The summed E-state index contributed by atoms with van der Waals surface area (Å²) in [7, 11) is -3.29. The number of sulfone groups is 1. The molecule has 25 heavy (non-hydrogen) atoms. The molecule has 3 aromatic rings. The van der Waals surface area contributed by atoms with Crippen LogP contribution in [-0.4, -0.2) is 25.1 Å². The highest BCUT2D eigenvalue weighted by molar-refractivity contribution is 7.90. The van der Waals surface area contributed by atoms with Crippen molar-refractivity contribution in [2.24, 2.45) is 4.99 Å². The van der Waals surface area contributed by atoms with E-state index in [1.807, 2.05) is 22.1 Å². The summed E-state index contributed by atoms with van der Waals surface area (Å²) in [6.07, 6.45) is 3.16. The van der Waals surface area contributed by atoms with Gasteiger partial charge in [0.25, 0.3) is 5.91 Å². The van der Waals surface area contributed by atoms with Crippen LogP contribution in [0.25, 0.3) is 10.2 Å². The Labute approximate surface area is 153 Å². The Balaban J connectivity index is 2.09. The number of hydrogen-bond acceptors (Lipinski definition) is 5. The minimum absolute atomic E-state index is 0.227. The van der Waals surface area contributed by atoms with E-state index in [1.54, 1.807) is 24.3 Å². The molecule has 8 heteroatoms. The Morgan fingerprint density at radius 2 is 2.16 bits per heavy atom. The van der Waals surface area contributed by atoms with Gasteiger partial charge in [0.2, 0.25) is 0 Å². The van der Waals surface area contributed by atoms with Gasteiger partial charge >= 0.3 is 0 Å². The number of hydrogen-bond donors (Lipinski definition) is 0. The van der Waals surface area contributed by atoms with Crippen LogP contribution in [0, 0.1) is 0 Å². The van der Waals surface area contributed by atoms with E-state index in [2.05, 4.69) is 11.6 Å². The topological polar surface area (TPSA) is 68.5 Å². The van der Waals surface area contributed by atoms with Crippen LogP contribution in [0.4, 0.5) is 0 Å². The fraction of sp³-hybridized carbons (Fsp3) is 0.176. The monoisotopic (exact) mass is 392 g/mol. The van der Waals surface area contributed by atoms with Crippen molar-refractivity contribution in [3.05, 3.63) is 58.0 Å². The quantitative estimate of drug-likeness (QED) is 0.627. The Kier molecular flexibility index (Phi) is 5.03. The fourth-order valence-electron chi connectivity index (χ4n) is 2.38. The first kappa shape index (κ1) is 17.8. The lowest BCUT2D eigenvalue weighted by Gasteiger charge is -2.02. The van der Waals surface area contributed by atoms with E-state index in [-0.39, 0.29) is 17.2 Å². The Bertz CT molecular complexity index is 1100. The van der Waals surface area contributed by atoms with Crippen molar-refractivity contribution in [3.8, 4) is 0 Å². The summed E-state index contributed by atoms with van der Waals surface area (Å²) in [5, 5.41) is 1.92. The minimum Gasteiger partial charge on any atom is -0.313 e. The molecule has 0 radical (unpaired) electrons. The highest BCUT2D eigenvalue weighted by Gasteiger charge is 2.12. The maximum absolute atomic E-state index is 12.3. The van der Waals surface area contributed by atoms with Crippen molar-refractivity contribution in [2.75, 3.05) is 6.26 Å². The van der Waals surface area contributed by atoms with Gasteiger partial charge in [-0.2, -0.15) is 4.99 Å². The lowest BCUT2D eigenvalue weighted by Crippen LogP contribution is -2.16. The average Bonchev–Trinajstić information content (AvgIpc) is 3.15. The van der Waals surface area contributed by atoms with Crippen LogP contribution >= 0.6 is 22.7 Å². The van der Waals surface area contributed by atoms with Crippen LogP contribution in [0.15, 0.2) is 58.3 Å². The summed E-state index contributed by atoms with van der Waals surface area (Å²) in [6, 6.07) is 8.74. The summed E-state index contributed by atoms with van der Waals surface area (Å²) < 4.78 is 26.1. The summed E-state index contributed by atoms with van der Waals surface area (Å²) in [6.45, 7) is 4.23. The molecule has 0 saturated heterocycles. The van der Waals surface area contributed by atoms with E-state index < -0.39 is 9.84 Å². The predicted molar refractivity (Wildman–Crippen MR) is 102 cm³/mol. The van der Waals surface area contributed by atoms with Gasteiger partial charge in [-0.05, 0) is 29.6 Å². The van der Waals surface area contributed by atoms with Crippen molar-refractivity contribution in [2.45, 2.75) is 17.9 Å². The third-order valence-corrected chi connectivity index (χ3v) is 6.55. The Morgan fingerprint density at radius 3 is 2.80 bits per heavy atom. The van der Waals surface area contributed by atoms with Crippen LogP contribution in [-0.2, 0) is 27.6 Å². The number of carbonyl (C=O) groups excluding carboxylic acids is 1. The highest BCUT2D eigenvalue weighted by atomic mass is 32.2. The number of rotatable bonds is 5. The maximum Gasteiger partial charge on any atom is 0.253 e. The first-order valence-corrected chi connectivity index (χ1v) is 11.0. The van der Waals surface area contributed by atoms with Gasteiger partial charge in [-0.15, -0.1) is 17.9 Å². The van der Waals surface area contributed by atoms with Gasteiger partial charge in [0.05, 0.1) is 21.5 Å². The minimum atomic E-state index is -3.29. The second kappa shape index (κ2) is 7.07. The number of aromatic nitrogens is 1. The molecular formula is C17H16N2O3S3. The molecule has 0 atom stereocenters. The molecule has 2 aromatic heterocycles. The third kappa shape index (κ3) is 3.97. The molecule has 5 nitrogen and oxygen atoms in total. The molecule has 0 aliphatic heterocycles. The van der Waals surface area contributed by atoms with E-state index in [0.29, 0.717) is 11.3 Å². The third-order valence-electron chi connectivity index (χ3n) is 3.52. The molecule has 1 aromatic carbocycles. The fourth-order valence-corrected chi connectivity index (χ4v) is 4.90. The number of carbonyl (C=O) groups is 1. The Hall–Kier alpha value is -2.03. The number of thiophene rings is 1. The highest BCUT2D eigenvalue weighted by Crippen LogP contribution is 2.22. The second-order valence-corrected chi connectivity index (χ2v) is 9.50. The molecule has 2 heterocycles. The molecule has 130 valence electrons. The molecule has 1 amide bonds. The van der Waals surface area contributed by atoms with Crippen molar-refractivity contribution in [3.63, 3.8) is 0 Å². The number of benzene rings is 1. The lowest BCUT2D eigenvalue weighted by molar-refractivity contribution is -0.117. The number of allylic oxidation sites excluding steroid dienone is 1. The van der Waals surface area contributed by atoms with E-state index in [9.17, 15) is 13.2 Å². The second-order valence-electron chi connectivity index (χ2n) is 5.45. The van der Waals surface area contributed by atoms with Gasteiger partial charge in [-0.1, -0.05) is 23.5 Å². The number of thiazole rings is 1. The van der Waals surface area contributed by atoms with Gasteiger partial charge in [0.15, 0.2) is 14.6 Å². The largest absolute Gasteiger partial charge is 0.313 e. The van der Waals surface area contributed by atoms with Crippen LogP contribution in [0.2, 0.25) is 0 Å². The molecule has 0 unspecified atom stereocenters. The van der Waals surface area contributed by atoms with Crippen molar-refractivity contribution in [1.29, 1.82) is 0 Å². The molecular weight excluding hydrogens is 376 g/mol. The lowest BCUT2D eigenvalue weighted by atomic mass is 10.3. The molecule has 0 saturated carbocycles. The number of amides is 1. The number of nitrogens with zero attached hydrogens (tertiary/aromatic N) is 2. The van der Waals surface area contributed by atoms with Gasteiger partial charge in [0.1, 0.15) is 0 Å². The van der Waals surface area contributed by atoms with Crippen molar-refractivity contribution < 1.29 is 13.2 Å². The zero-order valence-corrected chi connectivity index (χ0v) is 16.0. The van der Waals surface area contributed by atoms with Crippen molar-refractivity contribution in [1.82, 2.24) is 4.57 Å². The van der Waals surface area contributed by atoms with Crippen LogP contribution in [0.3, 0.4) is 0 Å². The molecule has 0 bridgehead atoms. The summed E-state index contributed by atoms with van der Waals surface area (Å²) >= 11 is 2.82. The van der Waals surface area contributed by atoms with E-state index in [4.69, 9.17) is 0 Å². The van der Waals surface area contributed by atoms with Gasteiger partial charge in [-0.25, -0.2) is 8.42 Å². The number of fused-ring (bicyclic) bond motifs is 1. The zero-order valence-electron chi connectivity index (χ0n) is 13.5. The van der Waals surface area contributed by atoms with Crippen LogP contribution in [0.1, 0.15) is 4.88 Å². The van der Waals surface area contributed by atoms with E-state index in [1.165, 1.54) is 28.9 Å². The van der Waals surface area contributed by atoms with Crippen molar-refractivity contribution >= 4 is 48.6 Å². The van der Waals surface area contributed by atoms with Crippen LogP contribution < -0.4 is 4.80 Å². The predicted octanol–water partition coefficient (Wildman–Crippen LogP) is 3.02. The van der Waals surface area contributed by atoms with E-state index >= 15 is 0 Å². The van der Waals surface area contributed by atoms with E-state index in [0.717, 1.165) is 15.1 Å². The molecule has 0 spiro atoms. The first-order chi connectivity index (χ1) is 11.9. The standard InChI is InChI=1S/C17H16N2O3S3/c1-3-8-19-14-7-6-13(25(2,21)22)11-15(14)24-17(19)18-16(20)10-12-5-4-9-23-12/h3-7,9,11H,1,8,10H2,2H3. The van der Waals surface area contributed by atoms with Gasteiger partial charge in [0, 0.05) is 17.7 Å².